The van der Waals surface area contributed by atoms with Gasteiger partial charge in [-0.3, -0.25) is 9.78 Å². The third-order valence-electron chi connectivity index (χ3n) is 6.20. The SMILES string of the molecule is Cc1c(CN(C(=O)CCl)C2CCc3ncccc3C2)c(F)c(F)c2c1CCC2. The fraction of sp³-hybridized carbons (Fsp3) is 0.455. The second-order valence-corrected chi connectivity index (χ2v) is 7.97. The predicted molar refractivity (Wildman–Crippen MR) is 104 cm³/mol. The summed E-state index contributed by atoms with van der Waals surface area (Å²) in [5.74, 6) is -1.99. The molecule has 6 heteroatoms. The molecule has 0 saturated heterocycles. The first-order chi connectivity index (χ1) is 13.5. The van der Waals surface area contributed by atoms with Crippen molar-refractivity contribution in [2.75, 3.05) is 5.88 Å². The fourth-order valence-corrected chi connectivity index (χ4v) is 4.83. The molecular formula is C22H23ClF2N2O. The van der Waals surface area contributed by atoms with Crippen molar-refractivity contribution in [2.24, 2.45) is 0 Å². The number of hydrogen-bond donors (Lipinski definition) is 0. The van der Waals surface area contributed by atoms with E-state index in [0.29, 0.717) is 18.4 Å². The van der Waals surface area contributed by atoms with Crippen LogP contribution < -0.4 is 0 Å². The lowest BCUT2D eigenvalue weighted by atomic mass is 9.90. The van der Waals surface area contributed by atoms with E-state index in [1.54, 1.807) is 11.1 Å². The molecule has 0 fully saturated rings. The van der Waals surface area contributed by atoms with E-state index in [9.17, 15) is 13.6 Å². The molecule has 1 atom stereocenters. The van der Waals surface area contributed by atoms with Gasteiger partial charge < -0.3 is 4.90 Å². The number of alkyl halides is 1. The molecule has 28 heavy (non-hydrogen) atoms. The minimum atomic E-state index is -0.816. The lowest BCUT2D eigenvalue weighted by molar-refractivity contribution is -0.131. The third kappa shape index (κ3) is 3.30. The average Bonchev–Trinajstić information content (AvgIpc) is 3.22. The first-order valence-electron chi connectivity index (χ1n) is 9.77. The number of benzene rings is 1. The number of carbonyl (C=O) groups is 1. The summed E-state index contributed by atoms with van der Waals surface area (Å²) < 4.78 is 29.5. The van der Waals surface area contributed by atoms with E-state index in [2.05, 4.69) is 4.98 Å². The standard InChI is InChI=1S/C22H23ClF2N2O/c1-13-16-5-2-6-17(16)21(24)22(25)18(13)12-27(20(28)11-23)15-7-8-19-14(10-15)4-3-9-26-19/h3-4,9,15H,2,5-8,10-12H2,1H3. The Morgan fingerprint density at radius 3 is 2.82 bits per heavy atom. The molecule has 0 spiro atoms. The van der Waals surface area contributed by atoms with E-state index in [0.717, 1.165) is 48.1 Å². The van der Waals surface area contributed by atoms with Crippen molar-refractivity contribution in [2.45, 2.75) is 58.0 Å². The van der Waals surface area contributed by atoms with E-state index in [1.165, 1.54) is 0 Å². The van der Waals surface area contributed by atoms with E-state index in [1.807, 2.05) is 19.1 Å². The van der Waals surface area contributed by atoms with Crippen LogP contribution in [0.5, 0.6) is 0 Å². The highest BCUT2D eigenvalue weighted by Crippen LogP contribution is 2.34. The molecule has 2 aromatic rings. The summed E-state index contributed by atoms with van der Waals surface area (Å²) in [6.07, 6.45) is 6.10. The Hall–Kier alpha value is -2.01. The molecule has 1 aromatic heterocycles. The molecule has 2 aliphatic carbocycles. The van der Waals surface area contributed by atoms with Gasteiger partial charge in [0.25, 0.3) is 0 Å². The normalized spacial score (nSPS) is 17.9. The third-order valence-corrected chi connectivity index (χ3v) is 6.43. The fourth-order valence-electron chi connectivity index (χ4n) is 4.68. The monoisotopic (exact) mass is 404 g/mol. The Morgan fingerprint density at radius 2 is 2.04 bits per heavy atom. The van der Waals surface area contributed by atoms with Crippen molar-refractivity contribution >= 4 is 17.5 Å². The molecule has 1 unspecified atom stereocenters. The molecular weight excluding hydrogens is 382 g/mol. The number of amides is 1. The Balaban J connectivity index is 1.68. The van der Waals surface area contributed by atoms with Gasteiger partial charge in [0.2, 0.25) is 5.91 Å². The summed E-state index contributed by atoms with van der Waals surface area (Å²) in [5, 5.41) is 0. The largest absolute Gasteiger partial charge is 0.334 e. The van der Waals surface area contributed by atoms with Gasteiger partial charge >= 0.3 is 0 Å². The Labute approximate surface area is 168 Å². The molecule has 1 amide bonds. The minimum Gasteiger partial charge on any atom is -0.334 e. The topological polar surface area (TPSA) is 33.2 Å². The molecule has 3 nitrogen and oxygen atoms in total. The summed E-state index contributed by atoms with van der Waals surface area (Å²) in [6.45, 7) is 1.89. The lowest BCUT2D eigenvalue weighted by Gasteiger charge is -2.35. The minimum absolute atomic E-state index is 0.0493. The maximum atomic E-state index is 14.9. The summed E-state index contributed by atoms with van der Waals surface area (Å²) in [4.78, 5) is 18.7. The highest BCUT2D eigenvalue weighted by Gasteiger charge is 2.31. The number of rotatable bonds is 4. The highest BCUT2D eigenvalue weighted by atomic mass is 35.5. The van der Waals surface area contributed by atoms with Crippen LogP contribution in [-0.4, -0.2) is 27.7 Å². The van der Waals surface area contributed by atoms with Crippen molar-refractivity contribution in [3.63, 3.8) is 0 Å². The van der Waals surface area contributed by atoms with Crippen molar-refractivity contribution in [3.8, 4) is 0 Å². The van der Waals surface area contributed by atoms with Gasteiger partial charge in [0.15, 0.2) is 11.6 Å². The van der Waals surface area contributed by atoms with E-state index in [-0.39, 0.29) is 29.9 Å². The maximum absolute atomic E-state index is 14.9. The quantitative estimate of drug-likeness (QED) is 0.712. The van der Waals surface area contributed by atoms with Crippen molar-refractivity contribution in [1.82, 2.24) is 9.88 Å². The number of fused-ring (bicyclic) bond motifs is 2. The van der Waals surface area contributed by atoms with Gasteiger partial charge in [-0.25, -0.2) is 8.78 Å². The lowest BCUT2D eigenvalue weighted by Crippen LogP contribution is -2.44. The number of carbonyl (C=O) groups excluding carboxylic acids is 1. The van der Waals surface area contributed by atoms with Crippen molar-refractivity contribution in [1.29, 1.82) is 0 Å². The molecule has 0 aliphatic heterocycles. The van der Waals surface area contributed by atoms with E-state index in [4.69, 9.17) is 11.6 Å². The van der Waals surface area contributed by atoms with Gasteiger partial charge in [0, 0.05) is 30.0 Å². The molecule has 148 valence electrons. The van der Waals surface area contributed by atoms with Crippen LogP contribution >= 0.6 is 11.6 Å². The summed E-state index contributed by atoms with van der Waals surface area (Å²) in [5.41, 5.74) is 4.62. The van der Waals surface area contributed by atoms with Gasteiger partial charge in [-0.05, 0) is 73.8 Å². The van der Waals surface area contributed by atoms with Crippen LogP contribution in [0.2, 0.25) is 0 Å². The van der Waals surface area contributed by atoms with E-state index >= 15 is 0 Å². The number of aryl methyl sites for hydroxylation is 1. The zero-order chi connectivity index (χ0) is 19.8. The number of halogens is 3. The zero-order valence-electron chi connectivity index (χ0n) is 15.9. The molecule has 0 bridgehead atoms. The van der Waals surface area contributed by atoms with Crippen LogP contribution in [-0.2, 0) is 37.0 Å². The smallest absolute Gasteiger partial charge is 0.238 e. The van der Waals surface area contributed by atoms with Gasteiger partial charge in [-0.15, -0.1) is 11.6 Å². The van der Waals surface area contributed by atoms with Crippen LogP contribution in [0.4, 0.5) is 8.78 Å². The van der Waals surface area contributed by atoms with Gasteiger partial charge in [0.05, 0.1) is 0 Å². The summed E-state index contributed by atoms with van der Waals surface area (Å²) >= 11 is 5.87. The molecule has 0 N–H and O–H groups in total. The van der Waals surface area contributed by atoms with Gasteiger partial charge in [-0.2, -0.15) is 0 Å². The predicted octanol–water partition coefficient (Wildman–Crippen LogP) is 4.28. The van der Waals surface area contributed by atoms with Gasteiger partial charge in [0.1, 0.15) is 5.88 Å². The van der Waals surface area contributed by atoms with Crippen LogP contribution in [0.3, 0.4) is 0 Å². The maximum Gasteiger partial charge on any atom is 0.238 e. The molecule has 4 rings (SSSR count). The Morgan fingerprint density at radius 1 is 1.25 bits per heavy atom. The zero-order valence-corrected chi connectivity index (χ0v) is 16.7. The second kappa shape index (κ2) is 7.78. The molecule has 1 heterocycles. The molecule has 1 aromatic carbocycles. The molecule has 0 saturated carbocycles. The highest BCUT2D eigenvalue weighted by molar-refractivity contribution is 6.27. The summed E-state index contributed by atoms with van der Waals surface area (Å²) in [6, 6.07) is 3.80. The Kier molecular flexibility index (Phi) is 5.37. The number of nitrogens with zero attached hydrogens (tertiary/aromatic N) is 2. The van der Waals surface area contributed by atoms with Crippen molar-refractivity contribution in [3.05, 3.63) is 63.5 Å². The average molecular weight is 405 g/mol. The van der Waals surface area contributed by atoms with Crippen molar-refractivity contribution < 1.29 is 13.6 Å². The van der Waals surface area contributed by atoms with Crippen LogP contribution in [0, 0.1) is 18.6 Å². The first-order valence-corrected chi connectivity index (χ1v) is 10.3. The van der Waals surface area contributed by atoms with Crippen LogP contribution in [0.1, 0.15) is 46.4 Å². The second-order valence-electron chi connectivity index (χ2n) is 7.70. The van der Waals surface area contributed by atoms with Gasteiger partial charge in [-0.1, -0.05) is 6.07 Å². The molecule has 2 aliphatic rings. The molecule has 0 radical (unpaired) electrons. The van der Waals surface area contributed by atoms with E-state index < -0.39 is 11.6 Å². The van der Waals surface area contributed by atoms with Crippen LogP contribution in [0.15, 0.2) is 18.3 Å². The Bertz CT molecular complexity index is 931. The van der Waals surface area contributed by atoms with Crippen LogP contribution in [0.25, 0.3) is 0 Å². The number of hydrogen-bond acceptors (Lipinski definition) is 2. The first kappa shape index (κ1) is 19.3. The number of aromatic nitrogens is 1. The summed E-state index contributed by atoms with van der Waals surface area (Å²) in [7, 11) is 0. The number of pyridine rings is 1.